The Bertz CT molecular complexity index is 876. The summed E-state index contributed by atoms with van der Waals surface area (Å²) >= 11 is 0. The van der Waals surface area contributed by atoms with Crippen molar-refractivity contribution in [2.45, 2.75) is 39.8 Å². The topological polar surface area (TPSA) is 66.5 Å². The van der Waals surface area contributed by atoms with Gasteiger partial charge in [-0.3, -0.25) is 9.10 Å². The van der Waals surface area contributed by atoms with Crippen molar-refractivity contribution < 1.29 is 13.2 Å². The molecule has 2 aromatic rings. The molecule has 0 aliphatic heterocycles. The second-order valence-electron chi connectivity index (χ2n) is 6.71. The van der Waals surface area contributed by atoms with Crippen molar-refractivity contribution in [3.05, 3.63) is 65.2 Å². The van der Waals surface area contributed by atoms with E-state index in [9.17, 15) is 13.2 Å². The Kier molecular flexibility index (Phi) is 6.08. The summed E-state index contributed by atoms with van der Waals surface area (Å²) in [4.78, 5) is 12.7. The maximum absolute atomic E-state index is 12.7. The van der Waals surface area contributed by atoms with Crippen LogP contribution in [0.25, 0.3) is 0 Å². The second kappa shape index (κ2) is 7.91. The van der Waals surface area contributed by atoms with Gasteiger partial charge in [-0.2, -0.15) is 0 Å². The van der Waals surface area contributed by atoms with Crippen molar-refractivity contribution in [1.29, 1.82) is 0 Å². The average Bonchev–Trinajstić information content (AvgIpc) is 2.54. The Hall–Kier alpha value is -2.34. The molecule has 0 radical (unpaired) electrons. The van der Waals surface area contributed by atoms with Crippen LogP contribution >= 0.6 is 0 Å². The maximum Gasteiger partial charge on any atom is 0.244 e. The minimum atomic E-state index is -3.61. The number of anilines is 1. The molecule has 26 heavy (non-hydrogen) atoms. The highest BCUT2D eigenvalue weighted by atomic mass is 32.2. The summed E-state index contributed by atoms with van der Waals surface area (Å²) in [5.74, 6) is -0.343. The van der Waals surface area contributed by atoms with E-state index in [1.165, 1.54) is 0 Å². The SMILES string of the molecule is Cc1ccc(C(C)NC(=O)C(C)N(c2cccc(C)c2)S(C)(=O)=O)cc1. The molecule has 0 heterocycles. The summed E-state index contributed by atoms with van der Waals surface area (Å²) < 4.78 is 25.8. The molecule has 0 aromatic heterocycles. The molecule has 6 heteroatoms. The first-order chi connectivity index (χ1) is 12.1. The van der Waals surface area contributed by atoms with Crippen molar-refractivity contribution in [1.82, 2.24) is 5.32 Å². The third-order valence-electron chi connectivity index (χ3n) is 4.28. The van der Waals surface area contributed by atoms with Gasteiger partial charge in [-0.1, -0.05) is 42.0 Å². The van der Waals surface area contributed by atoms with Crippen molar-refractivity contribution in [2.24, 2.45) is 0 Å². The van der Waals surface area contributed by atoms with Gasteiger partial charge in [0.05, 0.1) is 18.0 Å². The molecule has 0 saturated heterocycles. The highest BCUT2D eigenvalue weighted by Gasteiger charge is 2.29. The zero-order valence-electron chi connectivity index (χ0n) is 15.9. The van der Waals surface area contributed by atoms with E-state index in [4.69, 9.17) is 0 Å². The maximum atomic E-state index is 12.7. The first kappa shape index (κ1) is 20.0. The van der Waals surface area contributed by atoms with Crippen LogP contribution in [0.3, 0.4) is 0 Å². The number of benzene rings is 2. The van der Waals surface area contributed by atoms with Gasteiger partial charge in [0.2, 0.25) is 15.9 Å². The second-order valence-corrected chi connectivity index (χ2v) is 8.57. The predicted octanol–water partition coefficient (Wildman–Crippen LogP) is 3.34. The van der Waals surface area contributed by atoms with E-state index in [0.29, 0.717) is 5.69 Å². The van der Waals surface area contributed by atoms with Gasteiger partial charge in [0, 0.05) is 0 Å². The lowest BCUT2D eigenvalue weighted by Crippen LogP contribution is -2.48. The molecule has 1 N–H and O–H groups in total. The lowest BCUT2D eigenvalue weighted by atomic mass is 10.1. The van der Waals surface area contributed by atoms with Gasteiger partial charge < -0.3 is 5.32 Å². The first-order valence-corrected chi connectivity index (χ1v) is 10.4. The monoisotopic (exact) mass is 374 g/mol. The van der Waals surface area contributed by atoms with Gasteiger partial charge in [-0.05, 0) is 51.0 Å². The van der Waals surface area contributed by atoms with Crippen LogP contribution in [0.1, 0.15) is 36.6 Å². The lowest BCUT2D eigenvalue weighted by Gasteiger charge is -2.29. The Morgan fingerprint density at radius 2 is 1.62 bits per heavy atom. The number of aryl methyl sites for hydroxylation is 2. The predicted molar refractivity (Wildman–Crippen MR) is 106 cm³/mol. The smallest absolute Gasteiger partial charge is 0.244 e. The number of nitrogens with zero attached hydrogens (tertiary/aromatic N) is 1. The molecule has 2 atom stereocenters. The number of carbonyl (C=O) groups excluding carboxylic acids is 1. The summed E-state index contributed by atoms with van der Waals surface area (Å²) in [6.45, 7) is 7.36. The minimum absolute atomic E-state index is 0.218. The summed E-state index contributed by atoms with van der Waals surface area (Å²) in [6, 6.07) is 13.9. The molecule has 2 rings (SSSR count). The number of nitrogens with one attached hydrogen (secondary N) is 1. The Balaban J connectivity index is 2.23. The molecule has 5 nitrogen and oxygen atoms in total. The first-order valence-electron chi connectivity index (χ1n) is 8.52. The van der Waals surface area contributed by atoms with E-state index >= 15 is 0 Å². The summed E-state index contributed by atoms with van der Waals surface area (Å²) in [5, 5.41) is 2.91. The molecule has 0 fully saturated rings. The molecule has 0 aliphatic rings. The number of hydrogen-bond donors (Lipinski definition) is 1. The molecule has 0 bridgehead atoms. The van der Waals surface area contributed by atoms with Crippen LogP contribution < -0.4 is 9.62 Å². The van der Waals surface area contributed by atoms with E-state index < -0.39 is 16.1 Å². The van der Waals surface area contributed by atoms with E-state index in [1.54, 1.807) is 25.1 Å². The van der Waals surface area contributed by atoms with E-state index in [1.807, 2.05) is 51.1 Å². The van der Waals surface area contributed by atoms with Crippen molar-refractivity contribution in [3.8, 4) is 0 Å². The van der Waals surface area contributed by atoms with Crippen LogP contribution in [0.15, 0.2) is 48.5 Å². The Morgan fingerprint density at radius 1 is 1.00 bits per heavy atom. The number of hydrogen-bond acceptors (Lipinski definition) is 3. The van der Waals surface area contributed by atoms with Gasteiger partial charge in [-0.15, -0.1) is 0 Å². The number of carbonyl (C=O) groups is 1. The molecular formula is C20H26N2O3S. The molecule has 140 valence electrons. The zero-order valence-corrected chi connectivity index (χ0v) is 16.7. The van der Waals surface area contributed by atoms with Crippen LogP contribution in [-0.2, 0) is 14.8 Å². The van der Waals surface area contributed by atoms with E-state index in [2.05, 4.69) is 5.32 Å². The fourth-order valence-electron chi connectivity index (χ4n) is 2.85. The fourth-order valence-corrected chi connectivity index (χ4v) is 4.01. The number of rotatable bonds is 6. The van der Waals surface area contributed by atoms with Gasteiger partial charge in [0.15, 0.2) is 0 Å². The van der Waals surface area contributed by atoms with Crippen LogP contribution in [0.4, 0.5) is 5.69 Å². The van der Waals surface area contributed by atoms with Gasteiger partial charge in [0.25, 0.3) is 0 Å². The summed E-state index contributed by atoms with van der Waals surface area (Å²) in [5.41, 5.74) is 3.52. The normalized spacial score (nSPS) is 13.7. The van der Waals surface area contributed by atoms with Crippen LogP contribution in [0.2, 0.25) is 0 Å². The van der Waals surface area contributed by atoms with Gasteiger partial charge >= 0.3 is 0 Å². The third kappa shape index (κ3) is 4.85. The molecule has 0 saturated carbocycles. The minimum Gasteiger partial charge on any atom is -0.348 e. The Labute approximate surface area is 156 Å². The van der Waals surface area contributed by atoms with Gasteiger partial charge in [-0.25, -0.2) is 8.42 Å². The molecular weight excluding hydrogens is 348 g/mol. The third-order valence-corrected chi connectivity index (χ3v) is 5.52. The summed E-state index contributed by atoms with van der Waals surface area (Å²) in [6.07, 6.45) is 1.11. The number of sulfonamides is 1. The van der Waals surface area contributed by atoms with Crippen molar-refractivity contribution in [2.75, 3.05) is 10.6 Å². The zero-order chi connectivity index (χ0) is 19.5. The van der Waals surface area contributed by atoms with Crippen molar-refractivity contribution >= 4 is 21.6 Å². The van der Waals surface area contributed by atoms with Crippen LogP contribution in [0.5, 0.6) is 0 Å². The lowest BCUT2D eigenvalue weighted by molar-refractivity contribution is -0.122. The average molecular weight is 375 g/mol. The van der Waals surface area contributed by atoms with E-state index in [0.717, 1.165) is 27.3 Å². The molecule has 0 aliphatic carbocycles. The molecule has 2 aromatic carbocycles. The summed E-state index contributed by atoms with van der Waals surface area (Å²) in [7, 11) is -3.61. The van der Waals surface area contributed by atoms with Crippen LogP contribution in [0, 0.1) is 13.8 Å². The quantitative estimate of drug-likeness (QED) is 0.843. The van der Waals surface area contributed by atoms with Gasteiger partial charge in [0.1, 0.15) is 6.04 Å². The molecule has 0 spiro atoms. The highest BCUT2D eigenvalue weighted by molar-refractivity contribution is 7.92. The largest absolute Gasteiger partial charge is 0.348 e. The molecule has 1 amide bonds. The highest BCUT2D eigenvalue weighted by Crippen LogP contribution is 2.22. The number of amides is 1. The standard InChI is InChI=1S/C20H26N2O3S/c1-14-9-11-18(12-10-14)16(3)21-20(23)17(4)22(26(5,24)25)19-8-6-7-15(2)13-19/h6-13,16-17H,1-5H3,(H,21,23). The fraction of sp³-hybridized carbons (Fsp3) is 0.350. The molecule has 2 unspecified atom stereocenters. The van der Waals surface area contributed by atoms with Crippen LogP contribution in [-0.4, -0.2) is 26.6 Å². The van der Waals surface area contributed by atoms with E-state index in [-0.39, 0.29) is 11.9 Å². The van der Waals surface area contributed by atoms with Crippen molar-refractivity contribution in [3.63, 3.8) is 0 Å². The Morgan fingerprint density at radius 3 is 2.15 bits per heavy atom.